The summed E-state index contributed by atoms with van der Waals surface area (Å²) < 4.78 is 0. The van der Waals surface area contributed by atoms with Crippen molar-refractivity contribution in [3.05, 3.63) is 52.5 Å². The van der Waals surface area contributed by atoms with Crippen molar-refractivity contribution in [1.82, 2.24) is 4.90 Å². The Balaban J connectivity index is 1.37. The first-order valence-electron chi connectivity index (χ1n) is 9.32. The summed E-state index contributed by atoms with van der Waals surface area (Å²) in [6.45, 7) is 3.05. The summed E-state index contributed by atoms with van der Waals surface area (Å²) in [5, 5.41) is 11.7. The number of fused-ring (bicyclic) bond motifs is 3. The molecule has 3 heterocycles. The van der Waals surface area contributed by atoms with E-state index >= 15 is 0 Å². The maximum atomic E-state index is 13.0. The van der Waals surface area contributed by atoms with Gasteiger partial charge in [0.1, 0.15) is 5.75 Å². The Labute approximate surface area is 161 Å². The molecule has 0 aromatic heterocycles. The topological polar surface area (TPSA) is 80.9 Å². The molecule has 1 amide bonds. The lowest BCUT2D eigenvalue weighted by molar-refractivity contribution is -0.124. The van der Waals surface area contributed by atoms with Crippen molar-refractivity contribution < 1.29 is 9.90 Å². The van der Waals surface area contributed by atoms with Crippen molar-refractivity contribution in [3.63, 3.8) is 0 Å². The first-order chi connectivity index (χ1) is 13.7. The number of aromatic hydroxyl groups is 1. The van der Waals surface area contributed by atoms with Gasteiger partial charge < -0.3 is 14.9 Å². The molecule has 0 radical (unpaired) electrons. The molecule has 0 aliphatic carbocycles. The lowest BCUT2D eigenvalue weighted by atomic mass is 10.1. The van der Waals surface area contributed by atoms with Gasteiger partial charge in [-0.15, -0.1) is 0 Å². The lowest BCUT2D eigenvalue weighted by Crippen LogP contribution is -2.51. The molecule has 140 valence electrons. The maximum Gasteiger partial charge on any atom is 0.291 e. The summed E-state index contributed by atoms with van der Waals surface area (Å²) in [5.41, 5.74) is 2.49. The van der Waals surface area contributed by atoms with E-state index in [0.29, 0.717) is 29.7 Å². The molecule has 2 aromatic rings. The Kier molecular flexibility index (Phi) is 3.93. The summed E-state index contributed by atoms with van der Waals surface area (Å²) >= 11 is 0. The minimum absolute atomic E-state index is 0.122. The van der Waals surface area contributed by atoms with Crippen molar-refractivity contribution >= 4 is 35.4 Å². The number of hydrogen-bond donors (Lipinski definition) is 1. The van der Waals surface area contributed by atoms with Crippen LogP contribution in [0.3, 0.4) is 0 Å². The van der Waals surface area contributed by atoms with Gasteiger partial charge in [-0.2, -0.15) is 0 Å². The number of phenols is 1. The summed E-state index contributed by atoms with van der Waals surface area (Å²) in [6, 6.07) is 11.8. The van der Waals surface area contributed by atoms with Crippen molar-refractivity contribution in [1.29, 1.82) is 0 Å². The Bertz CT molecular complexity index is 1130. The van der Waals surface area contributed by atoms with Crippen LogP contribution in [0.5, 0.6) is 5.75 Å². The summed E-state index contributed by atoms with van der Waals surface area (Å²) in [6.07, 6.45) is 3.53. The molecule has 2 aromatic carbocycles. The van der Waals surface area contributed by atoms with E-state index in [2.05, 4.69) is 32.0 Å². The van der Waals surface area contributed by atoms with Crippen LogP contribution < -0.4 is 15.5 Å². The molecule has 28 heavy (non-hydrogen) atoms. The Morgan fingerprint density at radius 2 is 1.86 bits per heavy atom. The minimum atomic E-state index is -0.158. The maximum absolute atomic E-state index is 13.0. The third-order valence-corrected chi connectivity index (χ3v) is 5.34. The van der Waals surface area contributed by atoms with Gasteiger partial charge in [0.05, 0.1) is 17.6 Å². The molecule has 1 N–H and O–H groups in total. The number of nitrogens with zero attached hydrogens (tertiary/aromatic N) is 5. The average molecular weight is 373 g/mol. The molecule has 3 aliphatic heterocycles. The molecule has 0 bridgehead atoms. The molecule has 0 unspecified atom stereocenters. The molecule has 1 saturated heterocycles. The van der Waals surface area contributed by atoms with Crippen LogP contribution in [0.1, 0.15) is 5.56 Å². The van der Waals surface area contributed by atoms with Gasteiger partial charge in [-0.3, -0.25) is 14.8 Å². The van der Waals surface area contributed by atoms with Gasteiger partial charge >= 0.3 is 0 Å². The number of hydrogen-bond acceptors (Lipinski definition) is 6. The molecular formula is C21H19N5O2. The number of piperazine rings is 1. The van der Waals surface area contributed by atoms with E-state index in [-0.39, 0.29) is 24.0 Å². The summed E-state index contributed by atoms with van der Waals surface area (Å²) in [5.74, 6) is 0.166. The fourth-order valence-electron chi connectivity index (χ4n) is 3.80. The predicted octanol–water partition coefficient (Wildman–Crippen LogP) is 0.769. The zero-order valence-electron chi connectivity index (χ0n) is 15.2. The fraction of sp³-hybridized carbons (Fsp3) is 0.238. The molecule has 3 aliphatic rings. The molecule has 0 atom stereocenters. The van der Waals surface area contributed by atoms with Gasteiger partial charge in [-0.1, -0.05) is 18.2 Å². The highest BCUT2D eigenvalue weighted by molar-refractivity contribution is 6.38. The Hall–Kier alpha value is -3.48. The van der Waals surface area contributed by atoms with E-state index < -0.39 is 0 Å². The van der Waals surface area contributed by atoms with Crippen molar-refractivity contribution in [2.24, 2.45) is 15.0 Å². The molecule has 0 spiro atoms. The van der Waals surface area contributed by atoms with E-state index in [4.69, 9.17) is 0 Å². The highest BCUT2D eigenvalue weighted by atomic mass is 16.3. The van der Waals surface area contributed by atoms with Crippen LogP contribution in [0.25, 0.3) is 6.08 Å². The quantitative estimate of drug-likeness (QED) is 0.844. The van der Waals surface area contributed by atoms with Crippen LogP contribution in [0.2, 0.25) is 0 Å². The molecule has 7 heteroatoms. The highest BCUT2D eigenvalue weighted by Gasteiger charge is 2.26. The second-order valence-corrected chi connectivity index (χ2v) is 6.97. The number of anilines is 1. The number of benzene rings is 2. The van der Waals surface area contributed by atoms with E-state index in [1.807, 2.05) is 24.3 Å². The van der Waals surface area contributed by atoms with E-state index in [1.54, 1.807) is 17.2 Å². The zero-order chi connectivity index (χ0) is 19.1. The SMILES string of the molecule is O=C(C1=NCc2c(O)cc3c(c2=N1)=CC=N3)N1CCN(c2ccccc2)CC1. The lowest BCUT2D eigenvalue weighted by Gasteiger charge is -2.36. The average Bonchev–Trinajstić information content (AvgIpc) is 3.22. The van der Waals surface area contributed by atoms with Crippen LogP contribution in [0.15, 0.2) is 51.4 Å². The Morgan fingerprint density at radius 3 is 2.64 bits per heavy atom. The molecule has 7 nitrogen and oxygen atoms in total. The van der Waals surface area contributed by atoms with Gasteiger partial charge in [-0.25, -0.2) is 4.99 Å². The largest absolute Gasteiger partial charge is 0.507 e. The van der Waals surface area contributed by atoms with Gasteiger partial charge in [0.2, 0.25) is 5.84 Å². The van der Waals surface area contributed by atoms with E-state index in [1.165, 1.54) is 5.69 Å². The summed E-state index contributed by atoms with van der Waals surface area (Å²) in [7, 11) is 0. The number of phenolic OH excluding ortho intramolecular Hbond substituents is 1. The number of carbonyl (C=O) groups is 1. The van der Waals surface area contributed by atoms with Crippen molar-refractivity contribution in [2.45, 2.75) is 6.54 Å². The first kappa shape index (κ1) is 16.7. The van der Waals surface area contributed by atoms with Crippen LogP contribution >= 0.6 is 0 Å². The predicted molar refractivity (Wildman–Crippen MR) is 108 cm³/mol. The van der Waals surface area contributed by atoms with Gasteiger partial charge in [-0.05, 0) is 18.2 Å². The third-order valence-electron chi connectivity index (χ3n) is 5.34. The molecule has 1 fully saturated rings. The van der Waals surface area contributed by atoms with Crippen molar-refractivity contribution in [2.75, 3.05) is 31.1 Å². The second kappa shape index (κ2) is 6.60. The zero-order valence-corrected chi connectivity index (χ0v) is 15.2. The minimum Gasteiger partial charge on any atom is -0.507 e. The number of amides is 1. The second-order valence-electron chi connectivity index (χ2n) is 6.97. The number of amidine groups is 1. The van der Waals surface area contributed by atoms with Crippen molar-refractivity contribution in [3.8, 4) is 5.75 Å². The number of rotatable bonds is 2. The van der Waals surface area contributed by atoms with Crippen LogP contribution in [-0.4, -0.2) is 54.1 Å². The normalized spacial score (nSPS) is 17.4. The van der Waals surface area contributed by atoms with Gasteiger partial charge in [0.25, 0.3) is 5.91 Å². The highest BCUT2D eigenvalue weighted by Crippen LogP contribution is 2.21. The molecular weight excluding hydrogens is 354 g/mol. The number of para-hydroxylation sites is 1. The summed E-state index contributed by atoms with van der Waals surface area (Å²) in [4.78, 5) is 30.1. The van der Waals surface area contributed by atoms with Crippen LogP contribution in [0, 0.1) is 0 Å². The van der Waals surface area contributed by atoms with E-state index in [0.717, 1.165) is 18.3 Å². The van der Waals surface area contributed by atoms with Gasteiger partial charge in [0.15, 0.2) is 0 Å². The van der Waals surface area contributed by atoms with Crippen LogP contribution in [0.4, 0.5) is 11.4 Å². The fourth-order valence-corrected chi connectivity index (χ4v) is 3.80. The first-order valence-corrected chi connectivity index (χ1v) is 9.32. The number of carbonyl (C=O) groups excluding carboxylic acids is 1. The molecule has 5 rings (SSSR count). The Morgan fingerprint density at radius 1 is 1.07 bits per heavy atom. The smallest absolute Gasteiger partial charge is 0.291 e. The third kappa shape index (κ3) is 2.76. The monoisotopic (exact) mass is 373 g/mol. The standard InChI is InChI=1S/C21H19N5O2/c27-18-12-17-15(6-7-22-17)19-16(18)13-23-20(24-19)21(28)26-10-8-25(9-11-26)14-4-2-1-3-5-14/h1-7,12,27H,8-11,13H2. The molecule has 0 saturated carbocycles. The van der Waals surface area contributed by atoms with E-state index in [9.17, 15) is 9.90 Å². The number of aliphatic imine (C=N–C) groups is 2. The van der Waals surface area contributed by atoms with Crippen LogP contribution in [-0.2, 0) is 11.3 Å². The van der Waals surface area contributed by atoms with Gasteiger partial charge in [0, 0.05) is 54.9 Å².